The van der Waals surface area contributed by atoms with Crippen LogP contribution in [0.2, 0.25) is 0 Å². The van der Waals surface area contributed by atoms with Crippen LogP contribution in [0.4, 0.5) is 5.82 Å². The summed E-state index contributed by atoms with van der Waals surface area (Å²) < 4.78 is 0. The zero-order valence-corrected chi connectivity index (χ0v) is 10.9. The number of anilines is 1. The summed E-state index contributed by atoms with van der Waals surface area (Å²) in [7, 11) is 0. The van der Waals surface area contributed by atoms with Crippen molar-refractivity contribution in [2.75, 3.05) is 11.9 Å². The maximum Gasteiger partial charge on any atom is 0.144 e. The molecular formula is C13H20N4. The predicted molar refractivity (Wildman–Crippen MR) is 69.6 cm³/mol. The molecule has 0 aliphatic carbocycles. The van der Waals surface area contributed by atoms with Gasteiger partial charge in [0.2, 0.25) is 0 Å². The molecule has 0 fully saturated rings. The van der Waals surface area contributed by atoms with Crippen LogP contribution in [-0.2, 0) is 0 Å². The van der Waals surface area contributed by atoms with E-state index in [2.05, 4.69) is 30.2 Å². The second-order valence-corrected chi connectivity index (χ2v) is 4.86. The van der Waals surface area contributed by atoms with Gasteiger partial charge in [0.25, 0.3) is 0 Å². The fraction of sp³-hybridized carbons (Fsp3) is 0.538. The number of nitrogens with two attached hydrogens (primary N) is 1. The lowest BCUT2D eigenvalue weighted by molar-refractivity contribution is 0.381. The molecule has 92 valence electrons. The number of nitrogens with zero attached hydrogens (tertiary/aromatic N) is 2. The van der Waals surface area contributed by atoms with Gasteiger partial charge in [-0.1, -0.05) is 13.8 Å². The molecule has 0 saturated carbocycles. The Morgan fingerprint density at radius 3 is 2.65 bits per heavy atom. The first-order valence-electron chi connectivity index (χ1n) is 5.79. The molecule has 0 aliphatic heterocycles. The highest BCUT2D eigenvalue weighted by Gasteiger charge is 2.27. The summed E-state index contributed by atoms with van der Waals surface area (Å²) in [6, 6.07) is 5.75. The second kappa shape index (κ2) is 5.15. The van der Waals surface area contributed by atoms with Crippen molar-refractivity contribution in [3.8, 4) is 6.07 Å². The zero-order chi connectivity index (χ0) is 13.1. The largest absolute Gasteiger partial charge is 0.362 e. The molecule has 4 nitrogen and oxygen atoms in total. The maximum absolute atomic E-state index is 9.06. The number of aromatic nitrogens is 1. The molecule has 0 radical (unpaired) electrons. The van der Waals surface area contributed by atoms with Crippen LogP contribution in [-0.4, -0.2) is 17.1 Å². The van der Waals surface area contributed by atoms with Gasteiger partial charge in [-0.2, -0.15) is 5.26 Å². The van der Waals surface area contributed by atoms with Crippen LogP contribution in [0.5, 0.6) is 0 Å². The molecule has 17 heavy (non-hydrogen) atoms. The highest BCUT2D eigenvalue weighted by molar-refractivity contribution is 5.53. The van der Waals surface area contributed by atoms with E-state index in [0.717, 1.165) is 5.69 Å². The monoisotopic (exact) mass is 232 g/mol. The molecule has 1 heterocycles. The van der Waals surface area contributed by atoms with Gasteiger partial charge in [0, 0.05) is 12.2 Å². The van der Waals surface area contributed by atoms with Crippen LogP contribution in [0, 0.1) is 24.2 Å². The molecule has 1 unspecified atom stereocenters. The van der Waals surface area contributed by atoms with E-state index >= 15 is 0 Å². The Morgan fingerprint density at radius 1 is 1.53 bits per heavy atom. The Labute approximate surface area is 103 Å². The van der Waals surface area contributed by atoms with Crippen molar-refractivity contribution < 1.29 is 0 Å². The van der Waals surface area contributed by atoms with Gasteiger partial charge in [0.1, 0.15) is 11.9 Å². The Bertz CT molecular complexity index is 434. The molecule has 3 N–H and O–H groups in total. The van der Waals surface area contributed by atoms with E-state index in [1.807, 2.05) is 19.9 Å². The smallest absolute Gasteiger partial charge is 0.144 e. The van der Waals surface area contributed by atoms with E-state index in [1.165, 1.54) is 0 Å². The molecule has 0 amide bonds. The Balaban J connectivity index is 3.10. The van der Waals surface area contributed by atoms with Crippen molar-refractivity contribution in [1.82, 2.24) is 4.98 Å². The van der Waals surface area contributed by atoms with Crippen molar-refractivity contribution in [1.29, 1.82) is 5.26 Å². The molecule has 1 aromatic rings. The van der Waals surface area contributed by atoms with Crippen LogP contribution in [0.15, 0.2) is 12.1 Å². The summed E-state index contributed by atoms with van der Waals surface area (Å²) in [5, 5.41) is 12.4. The van der Waals surface area contributed by atoms with Gasteiger partial charge in [-0.3, -0.25) is 0 Å². The van der Waals surface area contributed by atoms with Gasteiger partial charge in [0.15, 0.2) is 0 Å². The first-order chi connectivity index (χ1) is 7.92. The number of nitriles is 1. The average molecular weight is 232 g/mol. The van der Waals surface area contributed by atoms with Crippen molar-refractivity contribution in [2.24, 2.45) is 11.7 Å². The summed E-state index contributed by atoms with van der Waals surface area (Å²) in [5.74, 6) is 0.968. The molecule has 0 aliphatic rings. The van der Waals surface area contributed by atoms with E-state index in [0.29, 0.717) is 23.8 Å². The third-order valence-electron chi connectivity index (χ3n) is 3.26. The van der Waals surface area contributed by atoms with Gasteiger partial charge < -0.3 is 11.1 Å². The fourth-order valence-corrected chi connectivity index (χ4v) is 1.44. The molecule has 1 aromatic heterocycles. The number of rotatable bonds is 4. The third-order valence-corrected chi connectivity index (χ3v) is 3.26. The molecule has 0 bridgehead atoms. The van der Waals surface area contributed by atoms with Crippen molar-refractivity contribution in [3.63, 3.8) is 0 Å². The van der Waals surface area contributed by atoms with Gasteiger partial charge in [-0.25, -0.2) is 4.98 Å². The lowest BCUT2D eigenvalue weighted by Crippen LogP contribution is -2.47. The minimum absolute atomic E-state index is 0.258. The standard InChI is InChI=1S/C13H20N4/c1-9(2)13(4,8-15)17-12-11(7-14)6-5-10(3)16-12/h5-6,9H,8,15H2,1-4H3,(H,16,17). The lowest BCUT2D eigenvalue weighted by atomic mass is 9.88. The minimum Gasteiger partial charge on any atom is -0.362 e. The normalized spacial score (nSPS) is 14.2. The third kappa shape index (κ3) is 2.95. The predicted octanol–water partition coefficient (Wildman–Crippen LogP) is 2.05. The van der Waals surface area contributed by atoms with Gasteiger partial charge in [-0.15, -0.1) is 0 Å². The maximum atomic E-state index is 9.06. The Morgan fingerprint density at radius 2 is 2.18 bits per heavy atom. The number of nitrogens with one attached hydrogen (secondary N) is 1. The summed E-state index contributed by atoms with van der Waals surface area (Å²) in [5.41, 5.74) is 6.99. The highest BCUT2D eigenvalue weighted by atomic mass is 15.1. The zero-order valence-electron chi connectivity index (χ0n) is 10.9. The van der Waals surface area contributed by atoms with Crippen LogP contribution >= 0.6 is 0 Å². The van der Waals surface area contributed by atoms with Crippen molar-refractivity contribution in [3.05, 3.63) is 23.4 Å². The minimum atomic E-state index is -0.258. The molecule has 1 atom stereocenters. The van der Waals surface area contributed by atoms with Gasteiger partial charge in [-0.05, 0) is 31.9 Å². The lowest BCUT2D eigenvalue weighted by Gasteiger charge is -2.34. The first kappa shape index (κ1) is 13.5. The molecular weight excluding hydrogens is 212 g/mol. The number of pyridine rings is 1. The second-order valence-electron chi connectivity index (χ2n) is 4.86. The van der Waals surface area contributed by atoms with E-state index in [1.54, 1.807) is 6.07 Å². The molecule has 0 saturated heterocycles. The van der Waals surface area contributed by atoms with Crippen LogP contribution in [0.3, 0.4) is 0 Å². The van der Waals surface area contributed by atoms with Crippen molar-refractivity contribution in [2.45, 2.75) is 33.2 Å². The summed E-state index contributed by atoms with van der Waals surface area (Å²) in [4.78, 5) is 4.37. The summed E-state index contributed by atoms with van der Waals surface area (Å²) in [6.07, 6.45) is 0. The highest BCUT2D eigenvalue weighted by Crippen LogP contribution is 2.23. The van der Waals surface area contributed by atoms with Gasteiger partial charge in [0.05, 0.1) is 11.1 Å². The number of hydrogen-bond donors (Lipinski definition) is 2. The summed E-state index contributed by atoms with van der Waals surface area (Å²) >= 11 is 0. The molecule has 4 heteroatoms. The van der Waals surface area contributed by atoms with Gasteiger partial charge >= 0.3 is 0 Å². The quantitative estimate of drug-likeness (QED) is 0.833. The molecule has 1 rings (SSSR count). The van der Waals surface area contributed by atoms with E-state index in [-0.39, 0.29) is 5.54 Å². The topological polar surface area (TPSA) is 74.7 Å². The Kier molecular flexibility index (Phi) is 4.08. The summed E-state index contributed by atoms with van der Waals surface area (Å²) in [6.45, 7) is 8.64. The SMILES string of the molecule is Cc1ccc(C#N)c(NC(C)(CN)C(C)C)n1. The van der Waals surface area contributed by atoms with E-state index in [9.17, 15) is 0 Å². The molecule has 0 spiro atoms. The van der Waals surface area contributed by atoms with Crippen LogP contribution in [0.1, 0.15) is 32.0 Å². The van der Waals surface area contributed by atoms with E-state index in [4.69, 9.17) is 11.0 Å². The number of hydrogen-bond acceptors (Lipinski definition) is 4. The van der Waals surface area contributed by atoms with Crippen LogP contribution < -0.4 is 11.1 Å². The fourth-order valence-electron chi connectivity index (χ4n) is 1.44. The average Bonchev–Trinajstić information content (AvgIpc) is 2.29. The molecule has 0 aromatic carbocycles. The van der Waals surface area contributed by atoms with E-state index < -0.39 is 0 Å². The first-order valence-corrected chi connectivity index (χ1v) is 5.79. The Hall–Kier alpha value is -1.60. The van der Waals surface area contributed by atoms with Crippen LogP contribution in [0.25, 0.3) is 0 Å². The number of aryl methyl sites for hydroxylation is 1. The van der Waals surface area contributed by atoms with Crippen molar-refractivity contribution >= 4 is 5.82 Å².